The van der Waals surface area contributed by atoms with Crippen molar-refractivity contribution in [3.05, 3.63) is 23.8 Å². The van der Waals surface area contributed by atoms with E-state index in [1.807, 2.05) is 0 Å². The second-order valence-corrected chi connectivity index (χ2v) is 6.38. The van der Waals surface area contributed by atoms with Crippen molar-refractivity contribution in [3.8, 4) is 11.5 Å². The van der Waals surface area contributed by atoms with Crippen molar-refractivity contribution < 1.29 is 23.2 Å². The zero-order chi connectivity index (χ0) is 13.9. The van der Waals surface area contributed by atoms with Gasteiger partial charge in [-0.25, -0.2) is 0 Å². The van der Waals surface area contributed by atoms with Crippen LogP contribution in [-0.4, -0.2) is 41.0 Å². The minimum absolute atomic E-state index is 0.0273. The average molecular weight is 296 g/mol. The van der Waals surface area contributed by atoms with Gasteiger partial charge in [0.15, 0.2) is 17.3 Å². The molecule has 0 amide bonds. The largest absolute Gasteiger partial charge is 0.454 e. The molecule has 1 aromatic rings. The van der Waals surface area contributed by atoms with Crippen LogP contribution >= 0.6 is 0 Å². The maximum Gasteiger partial charge on any atom is 0.231 e. The molecule has 2 heterocycles. The molecule has 1 aromatic carbocycles. The highest BCUT2D eigenvalue weighted by atomic mass is 32.2. The van der Waals surface area contributed by atoms with E-state index >= 15 is 0 Å². The molecular formula is C14H16O5S. The Balaban J connectivity index is 1.59. The highest BCUT2D eigenvalue weighted by Crippen LogP contribution is 2.32. The Morgan fingerprint density at radius 2 is 2.15 bits per heavy atom. The van der Waals surface area contributed by atoms with Crippen LogP contribution in [0.3, 0.4) is 0 Å². The molecule has 108 valence electrons. The van der Waals surface area contributed by atoms with Crippen LogP contribution in [0.5, 0.6) is 11.5 Å². The Labute approximate surface area is 119 Å². The van der Waals surface area contributed by atoms with Gasteiger partial charge in [-0.2, -0.15) is 0 Å². The van der Waals surface area contributed by atoms with Gasteiger partial charge < -0.3 is 14.2 Å². The van der Waals surface area contributed by atoms with E-state index in [4.69, 9.17) is 14.2 Å². The third-order valence-corrected chi connectivity index (χ3v) is 4.71. The molecule has 5 nitrogen and oxygen atoms in total. The third-order valence-electron chi connectivity index (χ3n) is 3.38. The van der Waals surface area contributed by atoms with Crippen molar-refractivity contribution in [2.24, 2.45) is 0 Å². The van der Waals surface area contributed by atoms with E-state index in [1.54, 1.807) is 18.2 Å². The minimum atomic E-state index is -1.19. The topological polar surface area (TPSA) is 61.8 Å². The van der Waals surface area contributed by atoms with E-state index in [2.05, 4.69) is 0 Å². The summed E-state index contributed by atoms with van der Waals surface area (Å²) in [5.41, 5.74) is 0.509. The number of Topliss-reactive ketones (excluding diaryl/α,β-unsaturated/α-hetero) is 1. The number of carbonyl (C=O) groups excluding carboxylic acids is 1. The summed E-state index contributed by atoms with van der Waals surface area (Å²) in [4.78, 5) is 12.1. The molecule has 1 fully saturated rings. The van der Waals surface area contributed by atoms with Gasteiger partial charge in [-0.05, 0) is 31.0 Å². The predicted molar refractivity (Wildman–Crippen MR) is 73.7 cm³/mol. The number of hydrogen-bond acceptors (Lipinski definition) is 5. The van der Waals surface area contributed by atoms with Crippen LogP contribution in [-0.2, 0) is 15.5 Å². The van der Waals surface area contributed by atoms with Gasteiger partial charge >= 0.3 is 0 Å². The Bertz CT molecular complexity index is 536. The van der Waals surface area contributed by atoms with E-state index in [9.17, 15) is 9.00 Å². The van der Waals surface area contributed by atoms with Crippen LogP contribution < -0.4 is 9.47 Å². The van der Waals surface area contributed by atoms with Crippen molar-refractivity contribution in [3.63, 3.8) is 0 Å². The fourth-order valence-corrected chi connectivity index (χ4v) is 3.60. The third kappa shape index (κ3) is 3.02. The number of ether oxygens (including phenoxy) is 3. The summed E-state index contributed by atoms with van der Waals surface area (Å²) >= 11 is 0. The molecule has 0 aliphatic carbocycles. The van der Waals surface area contributed by atoms with Gasteiger partial charge in [-0.3, -0.25) is 9.00 Å². The van der Waals surface area contributed by atoms with Crippen LogP contribution in [0.2, 0.25) is 0 Å². The Hall–Kier alpha value is -1.40. The fraction of sp³-hybridized carbons (Fsp3) is 0.500. The molecule has 0 saturated carbocycles. The van der Waals surface area contributed by atoms with E-state index in [0.717, 1.165) is 19.4 Å². The van der Waals surface area contributed by atoms with Crippen molar-refractivity contribution >= 4 is 16.6 Å². The van der Waals surface area contributed by atoms with Gasteiger partial charge in [-0.15, -0.1) is 0 Å². The second-order valence-electron chi connectivity index (χ2n) is 4.88. The standard InChI is InChI=1S/C14H16O5S/c15-12(8-20(16)7-11-2-1-5-17-11)10-3-4-13-14(6-10)19-9-18-13/h3-4,6,11H,1-2,5,7-9H2. The Kier molecular flexibility index (Phi) is 4.03. The first kappa shape index (κ1) is 13.6. The van der Waals surface area contributed by atoms with Crippen LogP contribution in [0.15, 0.2) is 18.2 Å². The molecule has 6 heteroatoms. The van der Waals surface area contributed by atoms with Crippen LogP contribution in [0.1, 0.15) is 23.2 Å². The van der Waals surface area contributed by atoms with Gasteiger partial charge in [0.1, 0.15) is 0 Å². The molecular weight excluding hydrogens is 280 g/mol. The van der Waals surface area contributed by atoms with Crippen molar-refractivity contribution in [1.82, 2.24) is 0 Å². The number of fused-ring (bicyclic) bond motifs is 1. The molecule has 2 aliphatic rings. The lowest BCUT2D eigenvalue weighted by Crippen LogP contribution is -2.21. The van der Waals surface area contributed by atoms with E-state index < -0.39 is 10.8 Å². The van der Waals surface area contributed by atoms with Crippen molar-refractivity contribution in [2.45, 2.75) is 18.9 Å². The highest BCUT2D eigenvalue weighted by molar-refractivity contribution is 7.85. The van der Waals surface area contributed by atoms with Crippen LogP contribution in [0.25, 0.3) is 0 Å². The molecule has 1 saturated heterocycles. The normalized spacial score (nSPS) is 21.9. The summed E-state index contributed by atoms with van der Waals surface area (Å²) in [6, 6.07) is 5.03. The summed E-state index contributed by atoms with van der Waals surface area (Å²) < 4.78 is 27.8. The first-order valence-corrected chi connectivity index (χ1v) is 8.10. The molecule has 0 bridgehead atoms. The monoisotopic (exact) mass is 296 g/mol. The summed E-state index contributed by atoms with van der Waals surface area (Å²) in [6.07, 6.45) is 1.99. The fourth-order valence-electron chi connectivity index (χ4n) is 2.34. The number of benzene rings is 1. The van der Waals surface area contributed by atoms with Crippen molar-refractivity contribution in [1.29, 1.82) is 0 Å². The molecule has 3 rings (SSSR count). The summed E-state index contributed by atoms with van der Waals surface area (Å²) in [5.74, 6) is 1.54. The molecule has 2 unspecified atom stereocenters. The lowest BCUT2D eigenvalue weighted by atomic mass is 10.1. The summed E-state index contributed by atoms with van der Waals surface area (Å²) in [7, 11) is -1.19. The van der Waals surface area contributed by atoms with Crippen LogP contribution in [0, 0.1) is 0 Å². The quantitative estimate of drug-likeness (QED) is 0.771. The zero-order valence-corrected chi connectivity index (χ0v) is 11.8. The van der Waals surface area contributed by atoms with Gasteiger partial charge in [0.2, 0.25) is 6.79 Å². The molecule has 0 radical (unpaired) electrons. The summed E-state index contributed by atoms with van der Waals surface area (Å²) in [5, 5.41) is 0. The number of rotatable bonds is 5. The van der Waals surface area contributed by atoms with Crippen molar-refractivity contribution in [2.75, 3.05) is 24.9 Å². The van der Waals surface area contributed by atoms with Gasteiger partial charge in [0.05, 0.1) is 17.6 Å². The molecule has 2 atom stereocenters. The molecule has 2 aliphatic heterocycles. The lowest BCUT2D eigenvalue weighted by molar-refractivity contribution is 0.102. The minimum Gasteiger partial charge on any atom is -0.454 e. The predicted octanol–water partition coefficient (Wildman–Crippen LogP) is 1.53. The van der Waals surface area contributed by atoms with E-state index in [-0.39, 0.29) is 24.4 Å². The van der Waals surface area contributed by atoms with Crippen LogP contribution in [0.4, 0.5) is 0 Å². The van der Waals surface area contributed by atoms with Gasteiger partial charge in [0.25, 0.3) is 0 Å². The smallest absolute Gasteiger partial charge is 0.231 e. The number of ketones is 1. The number of carbonyl (C=O) groups is 1. The molecule has 0 N–H and O–H groups in total. The first-order valence-electron chi connectivity index (χ1n) is 6.62. The zero-order valence-electron chi connectivity index (χ0n) is 11.0. The molecule has 0 spiro atoms. The first-order chi connectivity index (χ1) is 9.72. The summed E-state index contributed by atoms with van der Waals surface area (Å²) in [6.45, 7) is 0.913. The average Bonchev–Trinajstić information content (AvgIpc) is 3.07. The Morgan fingerprint density at radius 1 is 1.30 bits per heavy atom. The van der Waals surface area contributed by atoms with E-state index in [0.29, 0.717) is 22.8 Å². The molecule has 0 aromatic heterocycles. The lowest BCUT2D eigenvalue weighted by Gasteiger charge is -2.08. The second kappa shape index (κ2) is 5.93. The van der Waals surface area contributed by atoms with E-state index in [1.165, 1.54) is 0 Å². The van der Waals surface area contributed by atoms with Gasteiger partial charge in [-0.1, -0.05) is 0 Å². The van der Waals surface area contributed by atoms with Gasteiger partial charge in [0, 0.05) is 23.0 Å². The molecule has 20 heavy (non-hydrogen) atoms. The Morgan fingerprint density at radius 3 is 2.95 bits per heavy atom. The number of hydrogen-bond donors (Lipinski definition) is 0. The highest BCUT2D eigenvalue weighted by Gasteiger charge is 2.21. The maximum absolute atomic E-state index is 12.1. The SMILES string of the molecule is O=C(CS(=O)CC1CCCO1)c1ccc2c(c1)OCO2. The maximum atomic E-state index is 12.1.